The highest BCUT2D eigenvalue weighted by atomic mass is 32.1. The number of carbonyl (C=O) groups is 2. The molecule has 0 saturated heterocycles. The summed E-state index contributed by atoms with van der Waals surface area (Å²) < 4.78 is 4.91. The lowest BCUT2D eigenvalue weighted by molar-refractivity contribution is 0.0516. The Balaban J connectivity index is 2.38. The summed E-state index contributed by atoms with van der Waals surface area (Å²) >= 11 is 1.22. The van der Waals surface area contributed by atoms with Crippen molar-refractivity contribution in [1.82, 2.24) is 4.98 Å². The monoisotopic (exact) mass is 268 g/mol. The zero-order valence-corrected chi connectivity index (χ0v) is 11.3. The fourth-order valence-corrected chi connectivity index (χ4v) is 2.99. The fraction of sp³-hybridized carbons (Fsp3) is 0.583. The van der Waals surface area contributed by atoms with E-state index in [0.717, 1.165) is 19.3 Å². The molecule has 1 aliphatic carbocycles. The molecule has 1 heterocycles. The van der Waals surface area contributed by atoms with Gasteiger partial charge in [0.25, 0.3) is 0 Å². The van der Waals surface area contributed by atoms with Gasteiger partial charge in [-0.15, -0.1) is 11.3 Å². The number of thiazole rings is 1. The number of rotatable bonds is 4. The maximum absolute atomic E-state index is 11.7. The molecule has 2 rings (SSSR count). The van der Waals surface area contributed by atoms with Crippen LogP contribution in [0.2, 0.25) is 0 Å². The molecule has 1 aliphatic rings. The summed E-state index contributed by atoms with van der Waals surface area (Å²) in [6.45, 7) is 3.40. The molecule has 0 aromatic carbocycles. The molecule has 0 radical (unpaired) electrons. The SMILES string of the molecule is CCOC(=O)c1nc(C2(N)CCC2)sc1C(C)=O. The first-order valence-corrected chi connectivity index (χ1v) is 6.78. The minimum atomic E-state index is -0.548. The third kappa shape index (κ3) is 2.18. The van der Waals surface area contributed by atoms with Crippen LogP contribution in [0.1, 0.15) is 58.3 Å². The van der Waals surface area contributed by atoms with E-state index in [1.165, 1.54) is 18.3 Å². The number of esters is 1. The van der Waals surface area contributed by atoms with E-state index in [0.29, 0.717) is 9.88 Å². The Morgan fingerprint density at radius 3 is 2.61 bits per heavy atom. The summed E-state index contributed by atoms with van der Waals surface area (Å²) in [5, 5.41) is 0.669. The van der Waals surface area contributed by atoms with Crippen LogP contribution in [0.3, 0.4) is 0 Å². The van der Waals surface area contributed by atoms with Gasteiger partial charge < -0.3 is 10.5 Å². The minimum absolute atomic E-state index is 0.112. The van der Waals surface area contributed by atoms with Gasteiger partial charge in [0.05, 0.1) is 12.1 Å². The zero-order valence-electron chi connectivity index (χ0n) is 10.5. The fourth-order valence-electron chi connectivity index (χ4n) is 1.88. The molecule has 2 N–H and O–H groups in total. The van der Waals surface area contributed by atoms with Crippen molar-refractivity contribution in [1.29, 1.82) is 0 Å². The number of aromatic nitrogens is 1. The van der Waals surface area contributed by atoms with Crippen LogP contribution in [0.5, 0.6) is 0 Å². The molecule has 1 fully saturated rings. The van der Waals surface area contributed by atoms with Gasteiger partial charge in [-0.1, -0.05) is 0 Å². The van der Waals surface area contributed by atoms with Crippen molar-refractivity contribution >= 4 is 23.1 Å². The maximum atomic E-state index is 11.7. The Morgan fingerprint density at radius 2 is 2.17 bits per heavy atom. The van der Waals surface area contributed by atoms with Gasteiger partial charge in [0, 0.05) is 6.92 Å². The highest BCUT2D eigenvalue weighted by Crippen LogP contribution is 2.41. The van der Waals surface area contributed by atoms with E-state index in [4.69, 9.17) is 10.5 Å². The summed E-state index contributed by atoms with van der Waals surface area (Å²) in [6, 6.07) is 0. The van der Waals surface area contributed by atoms with Crippen LogP contribution >= 0.6 is 11.3 Å². The van der Waals surface area contributed by atoms with E-state index >= 15 is 0 Å². The number of carbonyl (C=O) groups excluding carboxylic acids is 2. The maximum Gasteiger partial charge on any atom is 0.358 e. The van der Waals surface area contributed by atoms with Gasteiger partial charge >= 0.3 is 5.97 Å². The number of nitrogens with zero attached hydrogens (tertiary/aromatic N) is 1. The van der Waals surface area contributed by atoms with Crippen LogP contribution in [0, 0.1) is 0 Å². The zero-order chi connectivity index (χ0) is 13.3. The molecular weight excluding hydrogens is 252 g/mol. The van der Waals surface area contributed by atoms with Gasteiger partial charge in [-0.2, -0.15) is 0 Å². The number of hydrogen-bond donors (Lipinski definition) is 1. The lowest BCUT2D eigenvalue weighted by Crippen LogP contribution is -2.43. The van der Waals surface area contributed by atoms with Gasteiger partial charge in [0.1, 0.15) is 9.88 Å². The lowest BCUT2D eigenvalue weighted by Gasteiger charge is -2.35. The minimum Gasteiger partial charge on any atom is -0.461 e. The van der Waals surface area contributed by atoms with E-state index in [1.807, 2.05) is 0 Å². The standard InChI is InChI=1S/C12H16N2O3S/c1-3-17-10(16)8-9(7(2)15)18-11(14-8)12(13)5-4-6-12/h3-6,13H2,1-2H3. The Hall–Kier alpha value is -1.27. The number of ether oxygens (including phenoxy) is 1. The first kappa shape index (κ1) is 13.2. The molecule has 5 nitrogen and oxygen atoms in total. The van der Waals surface area contributed by atoms with E-state index in [9.17, 15) is 9.59 Å². The van der Waals surface area contributed by atoms with Crippen LogP contribution in [0.4, 0.5) is 0 Å². The largest absolute Gasteiger partial charge is 0.461 e. The Morgan fingerprint density at radius 1 is 1.50 bits per heavy atom. The number of Topliss-reactive ketones (excluding diaryl/α,β-unsaturated/α-hetero) is 1. The number of ketones is 1. The average Bonchev–Trinajstić information content (AvgIpc) is 2.71. The molecule has 0 aliphatic heterocycles. The Kier molecular flexibility index (Phi) is 3.49. The number of nitrogens with two attached hydrogens (primary N) is 1. The molecule has 18 heavy (non-hydrogen) atoms. The molecule has 98 valence electrons. The van der Waals surface area contributed by atoms with Crippen LogP contribution in [-0.2, 0) is 10.3 Å². The molecule has 0 unspecified atom stereocenters. The first-order valence-electron chi connectivity index (χ1n) is 5.96. The van der Waals surface area contributed by atoms with Gasteiger partial charge in [0.2, 0.25) is 0 Å². The molecule has 0 spiro atoms. The van der Waals surface area contributed by atoms with Gasteiger partial charge in [-0.3, -0.25) is 4.79 Å². The van der Waals surface area contributed by atoms with Crippen molar-refractivity contribution < 1.29 is 14.3 Å². The second kappa shape index (κ2) is 4.78. The third-order valence-electron chi connectivity index (χ3n) is 3.09. The van der Waals surface area contributed by atoms with Crippen LogP contribution in [-0.4, -0.2) is 23.3 Å². The third-order valence-corrected chi connectivity index (χ3v) is 4.46. The Labute approximate surface area is 109 Å². The van der Waals surface area contributed by atoms with Crippen molar-refractivity contribution in [2.24, 2.45) is 5.73 Å². The first-order chi connectivity index (χ1) is 8.48. The molecule has 0 amide bonds. The van der Waals surface area contributed by atoms with Gasteiger partial charge in [0.15, 0.2) is 11.5 Å². The summed E-state index contributed by atoms with van der Waals surface area (Å²) in [4.78, 5) is 27.9. The molecule has 1 aromatic heterocycles. The predicted octanol–water partition coefficient (Wildman–Crippen LogP) is 1.86. The van der Waals surface area contributed by atoms with Gasteiger partial charge in [-0.25, -0.2) is 9.78 Å². The molecule has 0 bridgehead atoms. The highest BCUT2D eigenvalue weighted by Gasteiger charge is 2.39. The molecule has 6 heteroatoms. The van der Waals surface area contributed by atoms with Crippen molar-refractivity contribution in [2.75, 3.05) is 6.61 Å². The van der Waals surface area contributed by atoms with Crippen molar-refractivity contribution in [3.8, 4) is 0 Å². The summed E-state index contributed by atoms with van der Waals surface area (Å²) in [5.74, 6) is -0.724. The van der Waals surface area contributed by atoms with Crippen LogP contribution in [0.25, 0.3) is 0 Å². The molecule has 1 saturated carbocycles. The van der Waals surface area contributed by atoms with E-state index < -0.39 is 11.5 Å². The highest BCUT2D eigenvalue weighted by molar-refractivity contribution is 7.14. The van der Waals surface area contributed by atoms with Gasteiger partial charge in [-0.05, 0) is 26.2 Å². The van der Waals surface area contributed by atoms with Crippen LogP contribution in [0.15, 0.2) is 0 Å². The topological polar surface area (TPSA) is 82.3 Å². The normalized spacial score (nSPS) is 17.1. The second-order valence-corrected chi connectivity index (χ2v) is 5.48. The summed E-state index contributed by atoms with van der Waals surface area (Å²) in [6.07, 6.45) is 2.75. The molecule has 0 atom stereocenters. The lowest BCUT2D eigenvalue weighted by atomic mass is 9.78. The van der Waals surface area contributed by atoms with E-state index in [1.54, 1.807) is 6.92 Å². The Bertz CT molecular complexity index is 492. The van der Waals surface area contributed by atoms with E-state index in [2.05, 4.69) is 4.98 Å². The van der Waals surface area contributed by atoms with E-state index in [-0.39, 0.29) is 18.1 Å². The summed E-state index contributed by atoms with van der Waals surface area (Å²) in [5.41, 5.74) is 5.82. The predicted molar refractivity (Wildman–Crippen MR) is 67.8 cm³/mol. The van der Waals surface area contributed by atoms with Crippen LogP contribution < -0.4 is 5.73 Å². The smallest absolute Gasteiger partial charge is 0.358 e. The average molecular weight is 268 g/mol. The van der Waals surface area contributed by atoms with Crippen molar-refractivity contribution in [2.45, 2.75) is 38.6 Å². The van der Waals surface area contributed by atoms with Crippen molar-refractivity contribution in [3.63, 3.8) is 0 Å². The summed E-state index contributed by atoms with van der Waals surface area (Å²) in [7, 11) is 0. The number of hydrogen-bond acceptors (Lipinski definition) is 6. The molecule has 1 aromatic rings. The quantitative estimate of drug-likeness (QED) is 0.665. The van der Waals surface area contributed by atoms with Crippen molar-refractivity contribution in [3.05, 3.63) is 15.6 Å². The molecular formula is C12H16N2O3S. The second-order valence-electron chi connectivity index (χ2n) is 4.48.